The van der Waals surface area contributed by atoms with Gasteiger partial charge in [-0.2, -0.15) is 0 Å². The van der Waals surface area contributed by atoms with Crippen molar-refractivity contribution >= 4 is 13.7 Å². The van der Waals surface area contributed by atoms with Crippen LogP contribution in [0.25, 0.3) is 0 Å². The highest BCUT2D eigenvalue weighted by Crippen LogP contribution is 2.43. The van der Waals surface area contributed by atoms with Crippen LogP contribution in [-0.2, 0) is 18.4 Å². The molecule has 1 amide bonds. The van der Waals surface area contributed by atoms with Crippen LogP contribution in [0.2, 0.25) is 0 Å². The third-order valence-electron chi connectivity index (χ3n) is 14.2. The first-order valence-corrected chi connectivity index (χ1v) is 32.2. The minimum absolute atomic E-state index is 0.0629. The van der Waals surface area contributed by atoms with E-state index < -0.39 is 20.0 Å². The van der Waals surface area contributed by atoms with Gasteiger partial charge in [-0.25, -0.2) is 4.57 Å². The van der Waals surface area contributed by atoms with Gasteiger partial charge >= 0.3 is 7.82 Å². The Morgan fingerprint density at radius 2 is 0.771 bits per heavy atom. The van der Waals surface area contributed by atoms with Crippen molar-refractivity contribution in [2.24, 2.45) is 0 Å². The minimum atomic E-state index is -4.35. The maximum absolute atomic E-state index is 13.0. The molecule has 8 nitrogen and oxygen atoms in total. The van der Waals surface area contributed by atoms with Crippen molar-refractivity contribution in [3.63, 3.8) is 0 Å². The quantitative estimate of drug-likeness (QED) is 0.0243. The van der Waals surface area contributed by atoms with E-state index in [2.05, 4.69) is 31.3 Å². The number of aliphatic hydroxyl groups is 1. The number of carbonyl (C=O) groups is 1. The zero-order valence-corrected chi connectivity index (χ0v) is 48.4. The van der Waals surface area contributed by atoms with E-state index in [0.717, 1.165) is 38.5 Å². The first kappa shape index (κ1) is 69.0. The second-order valence-corrected chi connectivity index (χ2v) is 23.9. The summed E-state index contributed by atoms with van der Waals surface area (Å²) < 4.78 is 23.8. The summed E-state index contributed by atoms with van der Waals surface area (Å²) in [5.74, 6) is -0.174. The number of aliphatic hydroxyl groups excluding tert-OH is 1. The fourth-order valence-corrected chi connectivity index (χ4v) is 10.1. The van der Waals surface area contributed by atoms with Crippen molar-refractivity contribution in [3.05, 3.63) is 24.3 Å². The van der Waals surface area contributed by atoms with Gasteiger partial charge in [0, 0.05) is 6.42 Å². The first-order chi connectivity index (χ1) is 34.0. The maximum Gasteiger partial charge on any atom is 0.472 e. The summed E-state index contributed by atoms with van der Waals surface area (Å²) in [7, 11) is 1.58. The predicted molar refractivity (Wildman–Crippen MR) is 305 cm³/mol. The number of carbonyl (C=O) groups excluding carboxylic acids is 1. The van der Waals surface area contributed by atoms with Gasteiger partial charge in [0.1, 0.15) is 13.2 Å². The Balaban J connectivity index is 4.16. The molecule has 0 radical (unpaired) electrons. The Kier molecular flexibility index (Phi) is 52.1. The number of rotatable bonds is 57. The van der Waals surface area contributed by atoms with Crippen molar-refractivity contribution in [3.8, 4) is 0 Å². The molecule has 0 heterocycles. The lowest BCUT2D eigenvalue weighted by Gasteiger charge is -2.25. The molecule has 0 aromatic rings. The van der Waals surface area contributed by atoms with Crippen LogP contribution in [0.1, 0.15) is 309 Å². The Hall–Kier alpha value is -1.02. The molecular weight excluding hydrogens is 888 g/mol. The minimum Gasteiger partial charge on any atom is -0.387 e. The summed E-state index contributed by atoms with van der Waals surface area (Å²) in [6, 6.07) is -0.847. The SMILES string of the molecule is CCCCCCCCCCCCCC/C=C\CCCCCCCCCCCC(=O)NC(COP(=O)(O)OCC[N+](C)(C)C)C(O)/C=C/CCCCCCCCCCCCCCCCCCCCCCC. The van der Waals surface area contributed by atoms with Gasteiger partial charge in [-0.3, -0.25) is 13.8 Å². The lowest BCUT2D eigenvalue weighted by Crippen LogP contribution is -2.45. The molecule has 0 bridgehead atoms. The lowest BCUT2D eigenvalue weighted by atomic mass is 10.0. The van der Waals surface area contributed by atoms with Gasteiger partial charge in [-0.1, -0.05) is 282 Å². The second kappa shape index (κ2) is 52.8. The number of phosphoric acid groups is 1. The normalized spacial score (nSPS) is 14.0. The Morgan fingerprint density at radius 3 is 1.10 bits per heavy atom. The van der Waals surface area contributed by atoms with Gasteiger partial charge in [0.25, 0.3) is 0 Å². The summed E-state index contributed by atoms with van der Waals surface area (Å²) >= 11 is 0. The number of likely N-dealkylation sites (N-methyl/N-ethyl adjacent to an activating group) is 1. The smallest absolute Gasteiger partial charge is 0.387 e. The molecule has 3 atom stereocenters. The Morgan fingerprint density at radius 1 is 0.471 bits per heavy atom. The number of allylic oxidation sites excluding steroid dienone is 3. The molecule has 9 heteroatoms. The zero-order valence-electron chi connectivity index (χ0n) is 47.5. The van der Waals surface area contributed by atoms with E-state index in [1.165, 1.54) is 250 Å². The van der Waals surface area contributed by atoms with Crippen LogP contribution in [-0.4, -0.2) is 73.4 Å². The Bertz CT molecular complexity index is 1190. The number of unbranched alkanes of at least 4 members (excludes halogenated alkanes) is 42. The molecule has 0 aliphatic carbocycles. The van der Waals surface area contributed by atoms with Crippen molar-refractivity contribution in [1.82, 2.24) is 5.32 Å². The highest BCUT2D eigenvalue weighted by Gasteiger charge is 2.27. The molecule has 0 saturated carbocycles. The molecule has 0 spiro atoms. The van der Waals surface area contributed by atoms with Gasteiger partial charge in [-0.05, 0) is 44.9 Å². The van der Waals surface area contributed by atoms with E-state index in [9.17, 15) is 19.4 Å². The maximum atomic E-state index is 13.0. The van der Waals surface area contributed by atoms with E-state index in [1.54, 1.807) is 6.08 Å². The fraction of sp³-hybridized carbons (Fsp3) is 0.918. The standard InChI is InChI=1S/C61H121N2O6P/c1-6-8-10-12-14-16-18-20-22-24-26-28-30-31-33-35-37-39-41-43-45-47-49-51-53-55-61(65)62-59(58-69-70(66,67)68-57-56-63(3,4)5)60(64)54-52-50-48-46-44-42-40-38-36-34-32-29-27-25-23-21-19-17-15-13-11-9-7-2/h31,33,52,54,59-60,64H,6-30,32,34-51,53,55-58H2,1-5H3,(H-,62,65,66,67)/p+1/b33-31-,54-52+. The number of nitrogens with one attached hydrogen (secondary N) is 1. The molecule has 0 aliphatic rings. The Labute approximate surface area is 436 Å². The highest BCUT2D eigenvalue weighted by molar-refractivity contribution is 7.47. The highest BCUT2D eigenvalue weighted by atomic mass is 31.2. The molecule has 416 valence electrons. The number of hydrogen-bond acceptors (Lipinski definition) is 5. The van der Waals surface area contributed by atoms with E-state index in [1.807, 2.05) is 27.2 Å². The molecular formula is C61H122N2O6P+. The first-order valence-electron chi connectivity index (χ1n) is 30.7. The summed E-state index contributed by atoms with van der Waals surface area (Å²) in [6.07, 6.45) is 67.1. The van der Waals surface area contributed by atoms with Gasteiger partial charge in [0.15, 0.2) is 0 Å². The third-order valence-corrected chi connectivity index (χ3v) is 15.1. The van der Waals surface area contributed by atoms with Crippen molar-refractivity contribution in [2.75, 3.05) is 40.9 Å². The zero-order chi connectivity index (χ0) is 51.3. The van der Waals surface area contributed by atoms with E-state index >= 15 is 0 Å². The number of hydrogen-bond donors (Lipinski definition) is 3. The van der Waals surface area contributed by atoms with E-state index in [4.69, 9.17) is 9.05 Å². The molecule has 3 N–H and O–H groups in total. The third kappa shape index (κ3) is 54.7. The number of amides is 1. The summed E-state index contributed by atoms with van der Waals surface area (Å²) in [4.78, 5) is 23.3. The molecule has 3 unspecified atom stereocenters. The van der Waals surface area contributed by atoms with Crippen LogP contribution in [0, 0.1) is 0 Å². The average Bonchev–Trinajstić information content (AvgIpc) is 3.32. The van der Waals surface area contributed by atoms with Crippen LogP contribution >= 0.6 is 7.82 Å². The number of phosphoric ester groups is 1. The van der Waals surface area contributed by atoms with Crippen molar-refractivity contribution < 1.29 is 32.9 Å². The van der Waals surface area contributed by atoms with Gasteiger partial charge in [0.05, 0.1) is 39.9 Å². The van der Waals surface area contributed by atoms with Crippen molar-refractivity contribution in [1.29, 1.82) is 0 Å². The largest absolute Gasteiger partial charge is 0.472 e. The summed E-state index contributed by atoms with van der Waals surface area (Å²) in [6.45, 7) is 4.87. The second-order valence-electron chi connectivity index (χ2n) is 22.4. The average molecular weight is 1010 g/mol. The predicted octanol–water partition coefficient (Wildman–Crippen LogP) is 18.8. The molecule has 0 aromatic carbocycles. The molecule has 0 fully saturated rings. The fourth-order valence-electron chi connectivity index (χ4n) is 9.33. The topological polar surface area (TPSA) is 105 Å². The summed E-state index contributed by atoms with van der Waals surface area (Å²) in [5, 5.41) is 14.0. The van der Waals surface area contributed by atoms with Crippen molar-refractivity contribution in [2.45, 2.75) is 321 Å². The van der Waals surface area contributed by atoms with Gasteiger partial charge in [-0.15, -0.1) is 0 Å². The van der Waals surface area contributed by atoms with E-state index in [0.29, 0.717) is 17.4 Å². The van der Waals surface area contributed by atoms with Crippen LogP contribution < -0.4 is 5.32 Å². The lowest BCUT2D eigenvalue weighted by molar-refractivity contribution is -0.870. The van der Waals surface area contributed by atoms with Gasteiger partial charge in [0.2, 0.25) is 5.91 Å². The molecule has 0 aromatic heterocycles. The summed E-state index contributed by atoms with van der Waals surface area (Å²) in [5.41, 5.74) is 0. The van der Waals surface area contributed by atoms with Crippen LogP contribution in [0.4, 0.5) is 0 Å². The number of nitrogens with zero attached hydrogens (tertiary/aromatic N) is 1. The molecule has 0 aliphatic heterocycles. The van der Waals surface area contributed by atoms with Crippen LogP contribution in [0.3, 0.4) is 0 Å². The molecule has 0 saturated heterocycles. The monoisotopic (exact) mass is 1010 g/mol. The van der Waals surface area contributed by atoms with Crippen LogP contribution in [0.15, 0.2) is 24.3 Å². The number of quaternary nitrogens is 1. The van der Waals surface area contributed by atoms with E-state index in [-0.39, 0.29) is 19.1 Å². The molecule has 70 heavy (non-hydrogen) atoms. The van der Waals surface area contributed by atoms with Crippen LogP contribution in [0.5, 0.6) is 0 Å². The molecule has 0 rings (SSSR count). The van der Waals surface area contributed by atoms with Gasteiger partial charge < -0.3 is 19.8 Å².